The number of benzene rings is 2. The van der Waals surface area contributed by atoms with E-state index < -0.39 is 27.6 Å². The number of imidazole rings is 1. The molecule has 3 aromatic rings. The fourth-order valence-corrected chi connectivity index (χ4v) is 4.53. The summed E-state index contributed by atoms with van der Waals surface area (Å²) in [5, 5.41) is 5.43. The summed E-state index contributed by atoms with van der Waals surface area (Å²) in [6, 6.07) is 9.81. The third-order valence-corrected chi connectivity index (χ3v) is 6.01. The van der Waals surface area contributed by atoms with Crippen molar-refractivity contribution in [3.05, 3.63) is 65.7 Å². The lowest BCUT2D eigenvalue weighted by Gasteiger charge is -2.17. The number of halogens is 3. The Morgan fingerprint density at radius 1 is 1.19 bits per heavy atom. The predicted octanol–water partition coefficient (Wildman–Crippen LogP) is 3.98. The summed E-state index contributed by atoms with van der Waals surface area (Å²) in [6.07, 6.45) is -1.57. The minimum Gasteiger partial charge on any atom is -0.487 e. The largest absolute Gasteiger partial charge is 0.487 e. The molecule has 0 bridgehead atoms. The first kappa shape index (κ1) is 21.4. The standard InChI is InChI=1S/C21H20F3N3O3S/c1-20(2)11-15-9-16(18(31(25,28)29)10-17(15)30-20)14-5-3-13(4-6-14)12-27-8-7-26-19(27)21(22,23)24/h3-10H,11-12H2,1-2H3,(H2,25,28,29). The van der Waals surface area contributed by atoms with Crippen molar-refractivity contribution in [3.63, 3.8) is 0 Å². The monoisotopic (exact) mass is 451 g/mol. The highest BCUT2D eigenvalue weighted by Crippen LogP contribution is 2.40. The van der Waals surface area contributed by atoms with Crippen LogP contribution in [-0.2, 0) is 29.2 Å². The minimum absolute atomic E-state index is 0.0244. The van der Waals surface area contributed by atoms with E-state index in [1.165, 1.54) is 12.3 Å². The van der Waals surface area contributed by atoms with E-state index in [4.69, 9.17) is 9.88 Å². The molecule has 10 heteroatoms. The summed E-state index contributed by atoms with van der Waals surface area (Å²) in [6.45, 7) is 3.79. The van der Waals surface area contributed by atoms with E-state index in [1.54, 1.807) is 30.3 Å². The van der Waals surface area contributed by atoms with E-state index in [-0.39, 0.29) is 11.4 Å². The van der Waals surface area contributed by atoms with E-state index in [0.29, 0.717) is 28.9 Å². The molecular formula is C21H20F3N3O3S. The van der Waals surface area contributed by atoms with Gasteiger partial charge in [0.05, 0.1) is 4.90 Å². The number of alkyl halides is 3. The van der Waals surface area contributed by atoms with Gasteiger partial charge >= 0.3 is 6.18 Å². The Bertz CT molecular complexity index is 1250. The SMILES string of the molecule is CC1(C)Cc2cc(-c3ccc(Cn4ccnc4C(F)(F)F)cc3)c(S(N)(=O)=O)cc2O1. The quantitative estimate of drug-likeness (QED) is 0.650. The van der Waals surface area contributed by atoms with Crippen LogP contribution in [0.2, 0.25) is 0 Å². The van der Waals surface area contributed by atoms with Gasteiger partial charge in [0.1, 0.15) is 11.4 Å². The Morgan fingerprint density at radius 2 is 1.87 bits per heavy atom. The zero-order valence-electron chi connectivity index (χ0n) is 16.8. The van der Waals surface area contributed by atoms with Gasteiger partial charge in [-0.1, -0.05) is 24.3 Å². The second kappa shape index (κ2) is 7.10. The highest BCUT2D eigenvalue weighted by atomic mass is 32.2. The zero-order valence-corrected chi connectivity index (χ0v) is 17.6. The first-order valence-electron chi connectivity index (χ1n) is 9.40. The molecule has 0 aliphatic carbocycles. The molecule has 0 saturated heterocycles. The van der Waals surface area contributed by atoms with Crippen molar-refractivity contribution >= 4 is 10.0 Å². The van der Waals surface area contributed by atoms with E-state index in [0.717, 1.165) is 16.3 Å². The van der Waals surface area contributed by atoms with Crippen LogP contribution in [0.3, 0.4) is 0 Å². The number of rotatable bonds is 4. The second-order valence-corrected chi connectivity index (χ2v) is 9.64. The number of nitrogens with zero attached hydrogens (tertiary/aromatic N) is 2. The van der Waals surface area contributed by atoms with Crippen LogP contribution in [0.5, 0.6) is 5.75 Å². The second-order valence-electron chi connectivity index (χ2n) is 8.11. The average Bonchev–Trinajstić information content (AvgIpc) is 3.22. The van der Waals surface area contributed by atoms with Crippen molar-refractivity contribution in [2.75, 3.05) is 0 Å². The maximum Gasteiger partial charge on any atom is 0.449 e. The Kier molecular flexibility index (Phi) is 4.90. The molecule has 1 aliphatic heterocycles. The molecule has 1 aliphatic rings. The van der Waals surface area contributed by atoms with E-state index in [1.807, 2.05) is 13.8 Å². The molecule has 0 amide bonds. The van der Waals surface area contributed by atoms with Crippen molar-refractivity contribution in [2.24, 2.45) is 5.14 Å². The van der Waals surface area contributed by atoms with Crippen molar-refractivity contribution in [1.29, 1.82) is 0 Å². The van der Waals surface area contributed by atoms with Crippen molar-refractivity contribution in [1.82, 2.24) is 9.55 Å². The van der Waals surface area contributed by atoms with Crippen LogP contribution in [0.25, 0.3) is 11.1 Å². The molecule has 2 N–H and O–H groups in total. The summed E-state index contributed by atoms with van der Waals surface area (Å²) in [5.74, 6) is -0.497. The smallest absolute Gasteiger partial charge is 0.449 e. The summed E-state index contributed by atoms with van der Waals surface area (Å²) in [5.41, 5.74) is 2.02. The normalized spacial score (nSPS) is 15.5. The van der Waals surface area contributed by atoms with Gasteiger partial charge in [0.15, 0.2) is 0 Å². The lowest BCUT2D eigenvalue weighted by molar-refractivity contribution is -0.147. The van der Waals surface area contributed by atoms with E-state index >= 15 is 0 Å². The van der Waals surface area contributed by atoms with Gasteiger partial charge < -0.3 is 9.30 Å². The van der Waals surface area contributed by atoms with Gasteiger partial charge in [0.2, 0.25) is 15.8 Å². The van der Waals surface area contributed by atoms with E-state index in [2.05, 4.69) is 4.98 Å². The first-order valence-corrected chi connectivity index (χ1v) is 10.9. The van der Waals surface area contributed by atoms with Crippen LogP contribution in [0.15, 0.2) is 53.7 Å². The summed E-state index contributed by atoms with van der Waals surface area (Å²) in [4.78, 5) is 3.31. The highest BCUT2D eigenvalue weighted by Gasteiger charge is 2.36. The van der Waals surface area contributed by atoms with Gasteiger partial charge in [-0.05, 0) is 36.6 Å². The molecule has 0 unspecified atom stereocenters. The van der Waals surface area contributed by atoms with Crippen molar-refractivity contribution in [2.45, 2.75) is 43.5 Å². The molecule has 0 saturated carbocycles. The third-order valence-electron chi connectivity index (χ3n) is 5.06. The maximum absolute atomic E-state index is 13.0. The number of hydrogen-bond donors (Lipinski definition) is 1. The molecular weight excluding hydrogens is 431 g/mol. The van der Waals surface area contributed by atoms with Gasteiger partial charge in [-0.15, -0.1) is 0 Å². The number of aromatic nitrogens is 2. The van der Waals surface area contributed by atoms with Crippen LogP contribution >= 0.6 is 0 Å². The Hall–Kier alpha value is -2.85. The Balaban J connectivity index is 1.70. The Morgan fingerprint density at radius 3 is 2.48 bits per heavy atom. The molecule has 0 atom stereocenters. The summed E-state index contributed by atoms with van der Waals surface area (Å²) >= 11 is 0. The molecule has 2 aromatic carbocycles. The summed E-state index contributed by atoms with van der Waals surface area (Å²) < 4.78 is 70.3. The van der Waals surface area contributed by atoms with Crippen LogP contribution in [0.4, 0.5) is 13.2 Å². The molecule has 0 fully saturated rings. The van der Waals surface area contributed by atoms with Gasteiger partial charge in [0, 0.05) is 37.0 Å². The van der Waals surface area contributed by atoms with Crippen LogP contribution in [-0.4, -0.2) is 23.6 Å². The van der Waals surface area contributed by atoms with Crippen molar-refractivity contribution < 1.29 is 26.3 Å². The fourth-order valence-electron chi connectivity index (χ4n) is 3.77. The topological polar surface area (TPSA) is 87.2 Å². The third kappa shape index (κ3) is 4.31. The van der Waals surface area contributed by atoms with Crippen LogP contribution in [0.1, 0.15) is 30.8 Å². The van der Waals surface area contributed by atoms with Crippen molar-refractivity contribution in [3.8, 4) is 16.9 Å². The number of sulfonamides is 1. The van der Waals surface area contributed by atoms with E-state index in [9.17, 15) is 21.6 Å². The fraction of sp³-hybridized carbons (Fsp3) is 0.286. The number of ether oxygens (including phenoxy) is 1. The predicted molar refractivity (Wildman–Crippen MR) is 108 cm³/mol. The molecule has 164 valence electrons. The number of nitrogens with two attached hydrogens (primary N) is 1. The van der Waals surface area contributed by atoms with Crippen LogP contribution < -0.4 is 9.88 Å². The van der Waals surface area contributed by atoms with Gasteiger partial charge in [-0.25, -0.2) is 18.5 Å². The number of fused-ring (bicyclic) bond motifs is 1. The lowest BCUT2D eigenvalue weighted by Crippen LogP contribution is -2.24. The molecule has 31 heavy (non-hydrogen) atoms. The molecule has 2 heterocycles. The number of hydrogen-bond acceptors (Lipinski definition) is 4. The van der Waals surface area contributed by atoms with Gasteiger partial charge in [0.25, 0.3) is 0 Å². The minimum atomic E-state index is -4.55. The van der Waals surface area contributed by atoms with Gasteiger partial charge in [-0.2, -0.15) is 13.2 Å². The zero-order chi connectivity index (χ0) is 22.6. The average molecular weight is 451 g/mol. The molecule has 0 spiro atoms. The molecule has 1 aromatic heterocycles. The molecule has 6 nitrogen and oxygen atoms in total. The summed E-state index contributed by atoms with van der Waals surface area (Å²) in [7, 11) is -4.03. The van der Waals surface area contributed by atoms with Crippen LogP contribution in [0, 0.1) is 0 Å². The first-order chi connectivity index (χ1) is 14.3. The molecule has 0 radical (unpaired) electrons. The lowest BCUT2D eigenvalue weighted by atomic mass is 9.97. The van der Waals surface area contributed by atoms with Gasteiger partial charge in [-0.3, -0.25) is 0 Å². The highest BCUT2D eigenvalue weighted by molar-refractivity contribution is 7.89. The Labute approximate surface area is 177 Å². The molecule has 4 rings (SSSR count). The maximum atomic E-state index is 13.0. The number of primary sulfonamides is 1.